The van der Waals surface area contributed by atoms with E-state index in [1.165, 1.54) is 6.08 Å². The minimum absolute atomic E-state index is 0.0398. The predicted octanol–water partition coefficient (Wildman–Crippen LogP) is 7.15. The van der Waals surface area contributed by atoms with Crippen LogP contribution in [0.25, 0.3) is 6.08 Å². The molecule has 0 aliphatic heterocycles. The molecular weight excluding hydrogens is 516 g/mol. The van der Waals surface area contributed by atoms with Gasteiger partial charge in [0.05, 0.1) is 0 Å². The molecule has 0 aliphatic rings. The van der Waals surface area contributed by atoms with E-state index in [0.717, 1.165) is 15.6 Å². The monoisotopic (exact) mass is 538 g/mol. The largest absolute Gasteiger partial charge is 0.489 e. The number of nitrogens with one attached hydrogen (secondary N) is 1. The maximum atomic E-state index is 12.8. The number of anilines is 1. The highest BCUT2D eigenvalue weighted by Gasteiger charge is 2.12. The lowest BCUT2D eigenvalue weighted by Crippen LogP contribution is -2.13. The fourth-order valence-corrected chi connectivity index (χ4v) is 3.76. The van der Waals surface area contributed by atoms with Gasteiger partial charge in [-0.2, -0.15) is 5.26 Å². The molecule has 0 saturated heterocycles. The molecule has 0 aliphatic carbocycles. The Morgan fingerprint density at radius 2 is 1.44 bits per heavy atom. The first kappa shape index (κ1) is 24.8. The highest BCUT2D eigenvalue weighted by molar-refractivity contribution is 9.10. The number of carbonyl (C=O) groups excluding carboxylic acids is 1. The van der Waals surface area contributed by atoms with Crippen LogP contribution in [0.1, 0.15) is 16.7 Å². The number of amides is 1. The fourth-order valence-electron chi connectivity index (χ4n) is 3.38. The van der Waals surface area contributed by atoms with E-state index in [0.29, 0.717) is 36.0 Å². The van der Waals surface area contributed by atoms with Gasteiger partial charge in [-0.15, -0.1) is 0 Å². The second kappa shape index (κ2) is 12.4. The Labute approximate surface area is 218 Å². The first-order valence-electron chi connectivity index (χ1n) is 11.3. The molecule has 0 heterocycles. The van der Waals surface area contributed by atoms with E-state index in [1.54, 1.807) is 30.3 Å². The van der Waals surface area contributed by atoms with Crippen molar-refractivity contribution >= 4 is 33.6 Å². The average Bonchev–Trinajstić information content (AvgIpc) is 2.92. The van der Waals surface area contributed by atoms with Gasteiger partial charge in [0.1, 0.15) is 36.4 Å². The molecule has 1 N–H and O–H groups in total. The smallest absolute Gasteiger partial charge is 0.266 e. The van der Waals surface area contributed by atoms with Gasteiger partial charge in [-0.1, -0.05) is 76.6 Å². The zero-order valence-corrected chi connectivity index (χ0v) is 20.9. The second-order valence-corrected chi connectivity index (χ2v) is 8.79. The molecule has 4 aromatic rings. The summed E-state index contributed by atoms with van der Waals surface area (Å²) >= 11 is 3.45. The van der Waals surface area contributed by atoms with E-state index in [4.69, 9.17) is 9.47 Å². The van der Waals surface area contributed by atoms with E-state index < -0.39 is 5.91 Å². The van der Waals surface area contributed by atoms with E-state index in [1.807, 2.05) is 78.9 Å². The summed E-state index contributed by atoms with van der Waals surface area (Å²) in [5, 5.41) is 12.4. The lowest BCUT2D eigenvalue weighted by molar-refractivity contribution is -0.112. The number of nitrogens with zero attached hydrogens (tertiary/aromatic N) is 1. The summed E-state index contributed by atoms with van der Waals surface area (Å²) in [4.78, 5) is 12.8. The maximum absolute atomic E-state index is 12.8. The Balaban J connectivity index is 1.43. The van der Waals surface area contributed by atoms with Crippen molar-refractivity contribution in [1.29, 1.82) is 5.26 Å². The van der Waals surface area contributed by atoms with Crippen molar-refractivity contribution in [3.05, 3.63) is 130 Å². The normalized spacial score (nSPS) is 10.8. The topological polar surface area (TPSA) is 71.3 Å². The van der Waals surface area contributed by atoms with Crippen LogP contribution in [0.5, 0.6) is 11.5 Å². The van der Waals surface area contributed by atoms with Crippen LogP contribution < -0.4 is 14.8 Å². The van der Waals surface area contributed by atoms with Crippen LogP contribution in [0.4, 0.5) is 5.69 Å². The molecule has 1 amide bonds. The van der Waals surface area contributed by atoms with Gasteiger partial charge < -0.3 is 14.8 Å². The molecule has 0 radical (unpaired) electrons. The summed E-state index contributed by atoms with van der Waals surface area (Å²) in [5.74, 6) is 0.745. The SMILES string of the molecule is N#C/C(=C\c1cc(Br)ccc1OCc1ccccc1)C(=O)Nc1ccc(OCc2ccccc2)cc1. The molecule has 0 unspecified atom stereocenters. The van der Waals surface area contributed by atoms with Gasteiger partial charge in [-0.3, -0.25) is 4.79 Å². The number of rotatable bonds is 9. The lowest BCUT2D eigenvalue weighted by Gasteiger charge is -2.11. The van der Waals surface area contributed by atoms with E-state index in [9.17, 15) is 10.1 Å². The lowest BCUT2D eigenvalue weighted by atomic mass is 10.1. The highest BCUT2D eigenvalue weighted by atomic mass is 79.9. The van der Waals surface area contributed by atoms with Crippen molar-refractivity contribution in [2.75, 3.05) is 5.32 Å². The van der Waals surface area contributed by atoms with Crippen LogP contribution in [0, 0.1) is 11.3 Å². The molecular formula is C30H23BrN2O3. The Morgan fingerprint density at radius 3 is 2.06 bits per heavy atom. The van der Waals surface area contributed by atoms with Crippen molar-refractivity contribution in [3.8, 4) is 17.6 Å². The van der Waals surface area contributed by atoms with Gasteiger partial charge in [-0.25, -0.2) is 0 Å². The van der Waals surface area contributed by atoms with Crippen molar-refractivity contribution in [3.63, 3.8) is 0 Å². The molecule has 0 fully saturated rings. The first-order chi connectivity index (χ1) is 17.6. The predicted molar refractivity (Wildman–Crippen MR) is 144 cm³/mol. The molecule has 0 bridgehead atoms. The minimum atomic E-state index is -0.510. The van der Waals surface area contributed by atoms with Crippen molar-refractivity contribution in [2.24, 2.45) is 0 Å². The quantitative estimate of drug-likeness (QED) is 0.181. The van der Waals surface area contributed by atoms with Crippen LogP contribution in [-0.4, -0.2) is 5.91 Å². The summed E-state index contributed by atoms with van der Waals surface area (Å²) in [6.07, 6.45) is 1.53. The molecule has 5 nitrogen and oxygen atoms in total. The standard InChI is InChI=1S/C30H23BrN2O3/c31-26-11-16-29(36-21-23-9-5-2-6-10-23)24(18-26)17-25(19-32)30(34)33-27-12-14-28(15-13-27)35-20-22-7-3-1-4-8-22/h1-18H,20-21H2,(H,33,34)/b25-17+. The molecule has 6 heteroatoms. The summed E-state index contributed by atoms with van der Waals surface area (Å²) in [6, 6.07) is 34.1. The Bertz CT molecular complexity index is 1380. The van der Waals surface area contributed by atoms with Gasteiger partial charge >= 0.3 is 0 Å². The molecule has 36 heavy (non-hydrogen) atoms. The van der Waals surface area contributed by atoms with Gasteiger partial charge in [0.2, 0.25) is 0 Å². The summed E-state index contributed by atoms with van der Waals surface area (Å²) < 4.78 is 12.6. The number of halogens is 1. The van der Waals surface area contributed by atoms with Gasteiger partial charge in [0.25, 0.3) is 5.91 Å². The zero-order valence-electron chi connectivity index (χ0n) is 19.4. The second-order valence-electron chi connectivity index (χ2n) is 7.88. The average molecular weight is 539 g/mol. The van der Waals surface area contributed by atoms with E-state index >= 15 is 0 Å². The van der Waals surface area contributed by atoms with Crippen LogP contribution >= 0.6 is 15.9 Å². The Kier molecular flexibility index (Phi) is 8.53. The molecule has 4 rings (SSSR count). The van der Waals surface area contributed by atoms with Crippen molar-refractivity contribution in [2.45, 2.75) is 13.2 Å². The number of benzene rings is 4. The fraction of sp³-hybridized carbons (Fsp3) is 0.0667. The number of carbonyl (C=O) groups is 1. The summed E-state index contributed by atoms with van der Waals surface area (Å²) in [5.41, 5.74) is 3.23. The zero-order chi connectivity index (χ0) is 25.2. The number of hydrogen-bond acceptors (Lipinski definition) is 4. The third-order valence-corrected chi connectivity index (χ3v) is 5.73. The molecule has 4 aromatic carbocycles. The van der Waals surface area contributed by atoms with Crippen LogP contribution in [-0.2, 0) is 18.0 Å². The third-order valence-electron chi connectivity index (χ3n) is 5.23. The van der Waals surface area contributed by atoms with E-state index in [-0.39, 0.29) is 5.57 Å². The molecule has 0 spiro atoms. The first-order valence-corrected chi connectivity index (χ1v) is 12.1. The number of hydrogen-bond donors (Lipinski definition) is 1. The van der Waals surface area contributed by atoms with E-state index in [2.05, 4.69) is 21.2 Å². The Morgan fingerprint density at radius 1 is 0.833 bits per heavy atom. The Hall–Kier alpha value is -4.34. The summed E-state index contributed by atoms with van der Waals surface area (Å²) in [7, 11) is 0. The van der Waals surface area contributed by atoms with Gasteiger partial charge in [0, 0.05) is 15.7 Å². The number of nitriles is 1. The molecule has 178 valence electrons. The van der Waals surface area contributed by atoms with Crippen LogP contribution in [0.3, 0.4) is 0 Å². The molecule has 0 atom stereocenters. The number of ether oxygens (including phenoxy) is 2. The van der Waals surface area contributed by atoms with Crippen molar-refractivity contribution in [1.82, 2.24) is 0 Å². The van der Waals surface area contributed by atoms with Gasteiger partial charge in [-0.05, 0) is 59.7 Å². The minimum Gasteiger partial charge on any atom is -0.489 e. The van der Waals surface area contributed by atoms with Crippen LogP contribution in [0.2, 0.25) is 0 Å². The molecule has 0 saturated carbocycles. The maximum Gasteiger partial charge on any atom is 0.266 e. The summed E-state index contributed by atoms with van der Waals surface area (Å²) in [6.45, 7) is 0.825. The third kappa shape index (κ3) is 7.08. The van der Waals surface area contributed by atoms with Crippen molar-refractivity contribution < 1.29 is 14.3 Å². The van der Waals surface area contributed by atoms with Gasteiger partial charge in [0.15, 0.2) is 0 Å². The molecule has 0 aromatic heterocycles. The highest BCUT2D eigenvalue weighted by Crippen LogP contribution is 2.27. The van der Waals surface area contributed by atoms with Crippen LogP contribution in [0.15, 0.2) is 113 Å².